The summed E-state index contributed by atoms with van der Waals surface area (Å²) in [6.45, 7) is 9.52. The van der Waals surface area contributed by atoms with E-state index in [1.807, 2.05) is 37.3 Å². The summed E-state index contributed by atoms with van der Waals surface area (Å²) in [7, 11) is 0.251. The highest BCUT2D eigenvalue weighted by Gasteiger charge is 2.26. The third-order valence-corrected chi connectivity index (χ3v) is 4.33. The van der Waals surface area contributed by atoms with Gasteiger partial charge in [-0.25, -0.2) is 4.99 Å². The van der Waals surface area contributed by atoms with Gasteiger partial charge in [0.15, 0.2) is 0 Å². The number of carbonyl (C=O) groups is 1. The maximum atomic E-state index is 12.4. The van der Waals surface area contributed by atoms with E-state index in [1.54, 1.807) is 12.0 Å². The summed E-state index contributed by atoms with van der Waals surface area (Å²) in [6, 6.07) is 7.91. The van der Waals surface area contributed by atoms with Gasteiger partial charge in [-0.1, -0.05) is 37.7 Å². The molecule has 126 valence electrons. The molecule has 1 amide bonds. The number of amidine groups is 1. The Morgan fingerprint density at radius 2 is 1.92 bits per heavy atom. The lowest BCUT2D eigenvalue weighted by Gasteiger charge is -2.14. The van der Waals surface area contributed by atoms with E-state index in [-0.39, 0.29) is 5.91 Å². The molecule has 0 saturated heterocycles. The third kappa shape index (κ3) is 4.92. The molecule has 0 saturated carbocycles. The highest BCUT2D eigenvalue weighted by Crippen LogP contribution is 2.18. The van der Waals surface area contributed by atoms with E-state index in [9.17, 15) is 4.79 Å². The molecular formula is C19H24N2O2Si. The molecule has 1 aromatic carbocycles. The predicted octanol–water partition coefficient (Wildman–Crippen LogP) is 3.16. The minimum Gasteiger partial charge on any atom is -0.383 e. The van der Waals surface area contributed by atoms with Crippen LogP contribution in [-0.4, -0.2) is 45.0 Å². The van der Waals surface area contributed by atoms with Crippen molar-refractivity contribution in [2.75, 3.05) is 20.3 Å². The minimum atomic E-state index is -1.37. The van der Waals surface area contributed by atoms with Gasteiger partial charge in [-0.3, -0.25) is 9.69 Å². The van der Waals surface area contributed by atoms with Crippen molar-refractivity contribution >= 4 is 25.9 Å². The zero-order valence-corrected chi connectivity index (χ0v) is 16.0. The summed E-state index contributed by atoms with van der Waals surface area (Å²) < 4.78 is 5.04. The number of rotatable bonds is 4. The fourth-order valence-corrected chi connectivity index (χ4v) is 2.71. The number of ether oxygens (including phenoxy) is 1. The third-order valence-electron chi connectivity index (χ3n) is 3.45. The number of nitrogens with zero attached hydrogens (tertiary/aromatic N) is 2. The molecule has 5 heteroatoms. The molecule has 1 aromatic rings. The Labute approximate surface area is 145 Å². The van der Waals surface area contributed by atoms with Crippen LogP contribution in [0.15, 0.2) is 35.0 Å². The van der Waals surface area contributed by atoms with Crippen LogP contribution in [-0.2, 0) is 9.53 Å². The summed E-state index contributed by atoms with van der Waals surface area (Å²) in [6.07, 6.45) is 1.81. The van der Waals surface area contributed by atoms with E-state index in [1.165, 1.54) is 0 Å². The molecule has 0 aliphatic carbocycles. The molecule has 1 heterocycles. The summed E-state index contributed by atoms with van der Waals surface area (Å²) in [5.41, 5.74) is 5.76. The number of amides is 1. The topological polar surface area (TPSA) is 41.9 Å². The molecule has 0 atom stereocenters. The van der Waals surface area contributed by atoms with Crippen molar-refractivity contribution in [2.24, 2.45) is 4.99 Å². The highest BCUT2D eigenvalue weighted by atomic mass is 28.3. The first kappa shape index (κ1) is 18.2. The average molecular weight is 340 g/mol. The maximum absolute atomic E-state index is 12.4. The van der Waals surface area contributed by atoms with Crippen LogP contribution in [0.2, 0.25) is 19.6 Å². The first-order valence-corrected chi connectivity index (χ1v) is 11.5. The van der Waals surface area contributed by atoms with Crippen LogP contribution in [0.4, 0.5) is 0 Å². The van der Waals surface area contributed by atoms with Gasteiger partial charge in [0.05, 0.1) is 13.2 Å². The Bertz CT molecular complexity index is 731. The lowest BCUT2D eigenvalue weighted by molar-refractivity contribution is -0.123. The number of methoxy groups -OCH3 is 1. The van der Waals surface area contributed by atoms with Gasteiger partial charge in [-0.15, -0.1) is 5.54 Å². The quantitative estimate of drug-likeness (QED) is 0.480. The van der Waals surface area contributed by atoms with Crippen LogP contribution in [0.5, 0.6) is 0 Å². The van der Waals surface area contributed by atoms with Crippen molar-refractivity contribution in [3.8, 4) is 11.5 Å². The average Bonchev–Trinajstić information content (AvgIpc) is 2.78. The van der Waals surface area contributed by atoms with Crippen LogP contribution in [0, 0.1) is 11.5 Å². The van der Waals surface area contributed by atoms with Crippen molar-refractivity contribution in [3.63, 3.8) is 0 Å². The predicted molar refractivity (Wildman–Crippen MR) is 101 cm³/mol. The van der Waals surface area contributed by atoms with Gasteiger partial charge in [0, 0.05) is 12.7 Å². The van der Waals surface area contributed by atoms with Gasteiger partial charge in [0.1, 0.15) is 19.6 Å². The largest absolute Gasteiger partial charge is 0.383 e. The summed E-state index contributed by atoms with van der Waals surface area (Å²) >= 11 is 0. The lowest BCUT2D eigenvalue weighted by atomic mass is 10.1. The molecule has 0 fully saturated rings. The first-order valence-electron chi connectivity index (χ1n) is 8.01. The zero-order valence-electron chi connectivity index (χ0n) is 15.0. The molecule has 0 N–H and O–H groups in total. The Morgan fingerprint density at radius 3 is 2.50 bits per heavy atom. The van der Waals surface area contributed by atoms with E-state index in [2.05, 4.69) is 36.1 Å². The van der Waals surface area contributed by atoms with Crippen LogP contribution in [0.1, 0.15) is 18.1 Å². The van der Waals surface area contributed by atoms with Gasteiger partial charge in [0.25, 0.3) is 5.91 Å². The summed E-state index contributed by atoms with van der Waals surface area (Å²) in [4.78, 5) is 18.4. The fourth-order valence-electron chi connectivity index (χ4n) is 2.19. The van der Waals surface area contributed by atoms with Crippen LogP contribution < -0.4 is 0 Å². The monoisotopic (exact) mass is 340 g/mol. The Hall–Kier alpha value is -2.16. The second kappa shape index (κ2) is 7.60. The van der Waals surface area contributed by atoms with Crippen molar-refractivity contribution in [1.29, 1.82) is 0 Å². The molecule has 24 heavy (non-hydrogen) atoms. The number of benzene rings is 1. The molecule has 1 aliphatic rings. The zero-order chi connectivity index (χ0) is 17.7. The van der Waals surface area contributed by atoms with Crippen molar-refractivity contribution in [1.82, 2.24) is 4.90 Å². The smallest absolute Gasteiger partial charge is 0.277 e. The second-order valence-electron chi connectivity index (χ2n) is 6.76. The summed E-state index contributed by atoms with van der Waals surface area (Å²) in [5, 5.41) is 0. The normalized spacial score (nSPS) is 16.2. The van der Waals surface area contributed by atoms with Crippen LogP contribution >= 0.6 is 0 Å². The molecule has 0 spiro atoms. The number of hydrogen-bond acceptors (Lipinski definition) is 3. The number of hydrogen-bond donors (Lipinski definition) is 0. The highest BCUT2D eigenvalue weighted by molar-refractivity contribution is 6.83. The van der Waals surface area contributed by atoms with E-state index in [0.717, 1.165) is 11.1 Å². The van der Waals surface area contributed by atoms with Gasteiger partial charge < -0.3 is 4.74 Å². The Kier molecular flexibility index (Phi) is 5.76. The van der Waals surface area contributed by atoms with Gasteiger partial charge >= 0.3 is 0 Å². The SMILES string of the molecule is COCCN1C(=O)/C(=C/c2ccc(C#C[Si](C)(C)C)cc2)N=C1C. The van der Waals surface area contributed by atoms with E-state index in [4.69, 9.17) is 4.74 Å². The molecule has 4 nitrogen and oxygen atoms in total. The summed E-state index contributed by atoms with van der Waals surface area (Å²) in [5.74, 6) is 3.86. The first-order chi connectivity index (χ1) is 11.3. The number of carbonyl (C=O) groups excluding carboxylic acids is 1. The van der Waals surface area contributed by atoms with E-state index in [0.29, 0.717) is 24.7 Å². The van der Waals surface area contributed by atoms with Crippen LogP contribution in [0.3, 0.4) is 0 Å². The Morgan fingerprint density at radius 1 is 1.25 bits per heavy atom. The molecule has 1 aliphatic heterocycles. The van der Waals surface area contributed by atoms with Crippen LogP contribution in [0.25, 0.3) is 6.08 Å². The van der Waals surface area contributed by atoms with Gasteiger partial charge in [-0.05, 0) is 30.7 Å². The van der Waals surface area contributed by atoms with Crippen molar-refractivity contribution < 1.29 is 9.53 Å². The fraction of sp³-hybridized carbons (Fsp3) is 0.368. The number of aliphatic imine (C=N–C) groups is 1. The second-order valence-corrected chi connectivity index (χ2v) is 11.5. The Balaban J connectivity index is 2.14. The molecule has 2 rings (SSSR count). The standard InChI is InChI=1S/C19H24N2O2Si/c1-15-20-18(19(22)21(15)11-12-23-2)14-17-8-6-16(7-9-17)10-13-24(3,4)5/h6-9,14H,11-12H2,1-5H3/b18-14-. The van der Waals surface area contributed by atoms with Crippen molar-refractivity contribution in [3.05, 3.63) is 41.1 Å². The maximum Gasteiger partial charge on any atom is 0.277 e. The van der Waals surface area contributed by atoms with E-state index >= 15 is 0 Å². The molecule has 0 radical (unpaired) electrons. The molecular weight excluding hydrogens is 316 g/mol. The lowest BCUT2D eigenvalue weighted by Crippen LogP contribution is -2.33. The van der Waals surface area contributed by atoms with Gasteiger partial charge in [0.2, 0.25) is 0 Å². The van der Waals surface area contributed by atoms with Crippen molar-refractivity contribution in [2.45, 2.75) is 26.6 Å². The minimum absolute atomic E-state index is 0.0767. The molecule has 0 aromatic heterocycles. The molecule has 0 bridgehead atoms. The van der Waals surface area contributed by atoms with Gasteiger partial charge in [-0.2, -0.15) is 0 Å². The molecule has 0 unspecified atom stereocenters. The van der Waals surface area contributed by atoms with E-state index < -0.39 is 8.07 Å².